The Hall–Kier alpha value is -0.540. The van der Waals surface area contributed by atoms with E-state index in [1.165, 1.54) is 13.2 Å². The molecule has 0 aromatic heterocycles. The van der Waals surface area contributed by atoms with E-state index >= 15 is 0 Å². The number of nitrogens with two attached hydrogens (primary N) is 1. The molecule has 3 nitrogen and oxygen atoms in total. The Labute approximate surface area is 66.6 Å². The van der Waals surface area contributed by atoms with Gasteiger partial charge in [-0.2, -0.15) is 0 Å². The van der Waals surface area contributed by atoms with Gasteiger partial charge in [0.05, 0.1) is 7.11 Å². The van der Waals surface area contributed by atoms with Crippen molar-refractivity contribution in [2.24, 2.45) is 5.73 Å². The van der Waals surface area contributed by atoms with Gasteiger partial charge in [0.15, 0.2) is 0 Å². The largest absolute Gasteiger partial charge is 0.466 e. The van der Waals surface area contributed by atoms with Crippen molar-refractivity contribution in [3.05, 3.63) is 12.2 Å². The first-order valence-corrected chi connectivity index (χ1v) is 2.68. The lowest BCUT2D eigenvalue weighted by atomic mass is 10.3. The monoisotopic (exact) mass is 165 g/mol. The second-order valence-corrected chi connectivity index (χ2v) is 1.74. The van der Waals surface area contributed by atoms with Gasteiger partial charge in [0.2, 0.25) is 0 Å². The van der Waals surface area contributed by atoms with E-state index < -0.39 is 0 Å². The summed E-state index contributed by atoms with van der Waals surface area (Å²) in [5.74, 6) is -0.368. The molecule has 1 atom stereocenters. The maximum atomic E-state index is 10.4. The Balaban J connectivity index is 0. The maximum Gasteiger partial charge on any atom is 0.330 e. The van der Waals surface area contributed by atoms with Gasteiger partial charge in [-0.1, -0.05) is 6.08 Å². The zero-order valence-electron chi connectivity index (χ0n) is 6.03. The lowest BCUT2D eigenvalue weighted by Gasteiger charge is -1.92. The van der Waals surface area contributed by atoms with E-state index in [2.05, 4.69) is 4.74 Å². The summed E-state index contributed by atoms with van der Waals surface area (Å²) in [6, 6.07) is -0.0934. The van der Waals surface area contributed by atoms with E-state index in [0.717, 1.165) is 0 Å². The Morgan fingerprint density at radius 1 is 1.70 bits per heavy atom. The van der Waals surface area contributed by atoms with Crippen molar-refractivity contribution in [2.45, 2.75) is 13.0 Å². The average Bonchev–Trinajstić information content (AvgIpc) is 1.83. The third kappa shape index (κ3) is 7.46. The van der Waals surface area contributed by atoms with Crippen LogP contribution in [0.4, 0.5) is 0 Å². The Morgan fingerprint density at radius 2 is 2.20 bits per heavy atom. The molecule has 2 N–H and O–H groups in total. The van der Waals surface area contributed by atoms with Crippen molar-refractivity contribution >= 4 is 18.4 Å². The van der Waals surface area contributed by atoms with Crippen LogP contribution in [-0.2, 0) is 9.53 Å². The van der Waals surface area contributed by atoms with Crippen LogP contribution >= 0.6 is 12.4 Å². The molecule has 0 amide bonds. The summed E-state index contributed by atoms with van der Waals surface area (Å²) < 4.78 is 4.32. The zero-order valence-corrected chi connectivity index (χ0v) is 6.85. The van der Waals surface area contributed by atoms with Crippen LogP contribution in [0, 0.1) is 0 Å². The smallest absolute Gasteiger partial charge is 0.330 e. The highest BCUT2D eigenvalue weighted by Crippen LogP contribution is 1.80. The predicted octanol–water partition coefficient (Wildman–Crippen LogP) is 0.485. The average molecular weight is 166 g/mol. The Morgan fingerprint density at radius 3 is 2.50 bits per heavy atom. The number of hydrogen-bond acceptors (Lipinski definition) is 3. The molecule has 0 rings (SSSR count). The van der Waals surface area contributed by atoms with Crippen molar-refractivity contribution in [1.29, 1.82) is 0 Å². The molecule has 0 aliphatic heterocycles. The maximum absolute atomic E-state index is 10.4. The normalized spacial score (nSPS) is 12.3. The van der Waals surface area contributed by atoms with Crippen LogP contribution in [0.25, 0.3) is 0 Å². The number of esters is 1. The van der Waals surface area contributed by atoms with Crippen LogP contribution in [0.1, 0.15) is 6.92 Å². The molecule has 0 aromatic carbocycles. The van der Waals surface area contributed by atoms with Crippen molar-refractivity contribution < 1.29 is 9.53 Å². The number of halogens is 1. The van der Waals surface area contributed by atoms with Gasteiger partial charge in [-0.25, -0.2) is 4.79 Å². The van der Waals surface area contributed by atoms with E-state index in [4.69, 9.17) is 5.73 Å². The first-order chi connectivity index (χ1) is 4.16. The Bertz CT molecular complexity index is 123. The molecule has 0 bridgehead atoms. The summed E-state index contributed by atoms with van der Waals surface area (Å²) in [6.07, 6.45) is 2.89. The van der Waals surface area contributed by atoms with Crippen molar-refractivity contribution in [2.75, 3.05) is 7.11 Å². The van der Waals surface area contributed by atoms with Gasteiger partial charge < -0.3 is 10.5 Å². The number of carbonyl (C=O) groups is 1. The number of hydrogen-bond donors (Lipinski definition) is 1. The molecule has 0 aliphatic carbocycles. The fourth-order valence-corrected chi connectivity index (χ4v) is 0.298. The van der Waals surface area contributed by atoms with Crippen LogP contribution in [0.5, 0.6) is 0 Å². The topological polar surface area (TPSA) is 52.3 Å². The zero-order chi connectivity index (χ0) is 7.28. The standard InChI is InChI=1S/C6H11NO2.ClH/c1-5(7)3-4-6(8)9-2;/h3-5H,7H2,1-2H3;1H/b4-3+;/t5-;/m1./s1. The lowest BCUT2D eigenvalue weighted by Crippen LogP contribution is -2.11. The Kier molecular flexibility index (Phi) is 8.00. The summed E-state index contributed by atoms with van der Waals surface area (Å²) in [5.41, 5.74) is 5.30. The van der Waals surface area contributed by atoms with E-state index in [1.807, 2.05) is 0 Å². The van der Waals surface area contributed by atoms with Crippen LogP contribution in [-0.4, -0.2) is 19.1 Å². The highest BCUT2D eigenvalue weighted by atomic mass is 35.5. The molecule has 0 fully saturated rings. The molecule has 0 unspecified atom stereocenters. The third-order valence-electron chi connectivity index (χ3n) is 0.737. The van der Waals surface area contributed by atoms with Gasteiger partial charge in [0.1, 0.15) is 0 Å². The quantitative estimate of drug-likeness (QED) is 0.479. The molecular formula is C6H12ClNO2. The second kappa shape index (κ2) is 6.58. The summed E-state index contributed by atoms with van der Waals surface area (Å²) in [7, 11) is 1.33. The fourth-order valence-electron chi connectivity index (χ4n) is 0.298. The summed E-state index contributed by atoms with van der Waals surface area (Å²) in [4.78, 5) is 10.4. The fraction of sp³-hybridized carbons (Fsp3) is 0.500. The molecule has 60 valence electrons. The van der Waals surface area contributed by atoms with Gasteiger partial charge >= 0.3 is 5.97 Å². The molecule has 4 heteroatoms. The van der Waals surface area contributed by atoms with Gasteiger partial charge in [0, 0.05) is 12.1 Å². The molecule has 0 spiro atoms. The van der Waals surface area contributed by atoms with Gasteiger partial charge in [-0.15, -0.1) is 12.4 Å². The van der Waals surface area contributed by atoms with E-state index in [-0.39, 0.29) is 24.4 Å². The lowest BCUT2D eigenvalue weighted by molar-refractivity contribution is -0.134. The van der Waals surface area contributed by atoms with Crippen LogP contribution < -0.4 is 5.73 Å². The van der Waals surface area contributed by atoms with Crippen LogP contribution in [0.15, 0.2) is 12.2 Å². The van der Waals surface area contributed by atoms with Crippen molar-refractivity contribution in [1.82, 2.24) is 0 Å². The minimum Gasteiger partial charge on any atom is -0.466 e. The molecule has 0 radical (unpaired) electrons. The molecular weight excluding hydrogens is 154 g/mol. The number of ether oxygens (including phenoxy) is 1. The van der Waals surface area contributed by atoms with Crippen LogP contribution in [0.3, 0.4) is 0 Å². The number of methoxy groups -OCH3 is 1. The van der Waals surface area contributed by atoms with Gasteiger partial charge in [-0.3, -0.25) is 0 Å². The molecule has 0 saturated carbocycles. The first kappa shape index (κ1) is 12.2. The highest BCUT2D eigenvalue weighted by Gasteiger charge is 1.90. The van der Waals surface area contributed by atoms with Crippen molar-refractivity contribution in [3.8, 4) is 0 Å². The minimum atomic E-state index is -0.368. The molecule has 0 saturated heterocycles. The van der Waals surface area contributed by atoms with Crippen molar-refractivity contribution in [3.63, 3.8) is 0 Å². The third-order valence-corrected chi connectivity index (χ3v) is 0.737. The second-order valence-electron chi connectivity index (χ2n) is 1.74. The van der Waals surface area contributed by atoms with E-state index in [0.29, 0.717) is 0 Å². The number of carbonyl (C=O) groups excluding carboxylic acids is 1. The van der Waals surface area contributed by atoms with E-state index in [1.54, 1.807) is 13.0 Å². The van der Waals surface area contributed by atoms with Gasteiger partial charge in [0.25, 0.3) is 0 Å². The molecule has 10 heavy (non-hydrogen) atoms. The van der Waals surface area contributed by atoms with E-state index in [9.17, 15) is 4.79 Å². The number of rotatable bonds is 2. The molecule has 0 aromatic rings. The van der Waals surface area contributed by atoms with Gasteiger partial charge in [-0.05, 0) is 6.92 Å². The minimum absolute atomic E-state index is 0. The SMILES string of the molecule is COC(=O)/C=C/[C@@H](C)N.Cl. The summed E-state index contributed by atoms with van der Waals surface area (Å²) >= 11 is 0. The first-order valence-electron chi connectivity index (χ1n) is 2.68. The highest BCUT2D eigenvalue weighted by molar-refractivity contribution is 5.85. The van der Waals surface area contributed by atoms with Crippen LogP contribution in [0.2, 0.25) is 0 Å². The summed E-state index contributed by atoms with van der Waals surface area (Å²) in [6.45, 7) is 1.78. The molecule has 0 aliphatic rings. The predicted molar refractivity (Wildman–Crippen MR) is 42.1 cm³/mol. The molecule has 0 heterocycles. The summed E-state index contributed by atoms with van der Waals surface area (Å²) in [5, 5.41) is 0.